The number of nitrogens with one attached hydrogen (secondary N) is 1. The molecule has 2 aromatic carbocycles. The normalized spacial score (nSPS) is 18.0. The van der Waals surface area contributed by atoms with Crippen LogP contribution in [-0.2, 0) is 4.79 Å². The van der Waals surface area contributed by atoms with Gasteiger partial charge in [-0.3, -0.25) is 4.79 Å². The third-order valence-corrected chi connectivity index (χ3v) is 5.67. The molecule has 2 unspecified atom stereocenters. The second-order valence-electron chi connectivity index (χ2n) is 7.99. The van der Waals surface area contributed by atoms with Crippen LogP contribution in [-0.4, -0.2) is 37.7 Å². The van der Waals surface area contributed by atoms with Crippen LogP contribution in [0.3, 0.4) is 0 Å². The lowest BCUT2D eigenvalue weighted by Crippen LogP contribution is -2.27. The standard InChI is InChI=1S/C25H34N2O3/c1-5-18(3)29-23-9-7-8-21(16-23)27-15-14-24(17-27)30-22-12-10-20(11-13-22)19(4)25(28)26-6-2/h7-13,16,18-19,24H,5-6,14-15,17H2,1-4H3,(H,26,28)/t18?,19?,24-/m1/s1. The number of carbonyl (C=O) groups is 1. The van der Waals surface area contributed by atoms with Gasteiger partial charge >= 0.3 is 0 Å². The first-order valence-electron chi connectivity index (χ1n) is 11.1. The number of rotatable bonds is 9. The molecule has 0 spiro atoms. The molecule has 1 saturated heterocycles. The Morgan fingerprint density at radius 1 is 1.13 bits per heavy atom. The van der Waals surface area contributed by atoms with Gasteiger partial charge < -0.3 is 19.7 Å². The highest BCUT2D eigenvalue weighted by Gasteiger charge is 2.25. The smallest absolute Gasteiger partial charge is 0.227 e. The molecule has 1 amide bonds. The van der Waals surface area contributed by atoms with Crippen molar-refractivity contribution in [2.24, 2.45) is 0 Å². The Labute approximate surface area is 180 Å². The van der Waals surface area contributed by atoms with Gasteiger partial charge in [-0.05, 0) is 57.0 Å². The fourth-order valence-corrected chi connectivity index (χ4v) is 3.63. The number of ether oxygens (including phenoxy) is 2. The van der Waals surface area contributed by atoms with Gasteiger partial charge in [0.15, 0.2) is 0 Å². The fourth-order valence-electron chi connectivity index (χ4n) is 3.63. The quantitative estimate of drug-likeness (QED) is 0.647. The Morgan fingerprint density at radius 3 is 2.60 bits per heavy atom. The summed E-state index contributed by atoms with van der Waals surface area (Å²) >= 11 is 0. The van der Waals surface area contributed by atoms with Crippen LogP contribution in [0.4, 0.5) is 5.69 Å². The summed E-state index contributed by atoms with van der Waals surface area (Å²) < 4.78 is 12.2. The summed E-state index contributed by atoms with van der Waals surface area (Å²) in [6.45, 7) is 10.5. The topological polar surface area (TPSA) is 50.8 Å². The largest absolute Gasteiger partial charge is 0.491 e. The van der Waals surface area contributed by atoms with E-state index in [2.05, 4.69) is 42.3 Å². The number of hydrogen-bond donors (Lipinski definition) is 1. The van der Waals surface area contributed by atoms with Crippen molar-refractivity contribution in [3.05, 3.63) is 54.1 Å². The van der Waals surface area contributed by atoms with Gasteiger partial charge in [-0.15, -0.1) is 0 Å². The maximum atomic E-state index is 12.0. The summed E-state index contributed by atoms with van der Waals surface area (Å²) in [5, 5.41) is 2.87. The molecule has 5 heteroatoms. The van der Waals surface area contributed by atoms with Crippen LogP contribution in [0.2, 0.25) is 0 Å². The zero-order chi connectivity index (χ0) is 21.5. The van der Waals surface area contributed by atoms with Gasteiger partial charge in [-0.25, -0.2) is 0 Å². The molecule has 0 radical (unpaired) electrons. The number of nitrogens with zero attached hydrogens (tertiary/aromatic N) is 1. The van der Waals surface area contributed by atoms with E-state index in [1.807, 2.05) is 44.2 Å². The Morgan fingerprint density at radius 2 is 1.90 bits per heavy atom. The minimum Gasteiger partial charge on any atom is -0.491 e. The lowest BCUT2D eigenvalue weighted by Gasteiger charge is -2.21. The first kappa shape index (κ1) is 22.0. The molecule has 0 bridgehead atoms. The minimum absolute atomic E-state index is 0.0529. The molecule has 3 atom stereocenters. The highest BCUT2D eigenvalue weighted by Crippen LogP contribution is 2.28. The lowest BCUT2D eigenvalue weighted by atomic mass is 10.0. The van der Waals surface area contributed by atoms with Gasteiger partial charge in [0.2, 0.25) is 5.91 Å². The molecule has 1 aliphatic rings. The van der Waals surface area contributed by atoms with E-state index in [0.29, 0.717) is 6.54 Å². The molecule has 30 heavy (non-hydrogen) atoms. The van der Waals surface area contributed by atoms with Crippen LogP contribution >= 0.6 is 0 Å². The second-order valence-corrected chi connectivity index (χ2v) is 7.99. The first-order valence-corrected chi connectivity index (χ1v) is 11.1. The highest BCUT2D eigenvalue weighted by molar-refractivity contribution is 5.83. The molecule has 3 rings (SSSR count). The van der Waals surface area contributed by atoms with E-state index in [4.69, 9.17) is 9.47 Å². The number of benzene rings is 2. The molecule has 5 nitrogen and oxygen atoms in total. The number of likely N-dealkylation sites (N-methyl/N-ethyl adjacent to an activating group) is 1. The predicted molar refractivity (Wildman–Crippen MR) is 122 cm³/mol. The van der Waals surface area contributed by atoms with E-state index in [1.165, 1.54) is 5.69 Å². The maximum absolute atomic E-state index is 12.0. The fraction of sp³-hybridized carbons (Fsp3) is 0.480. The molecule has 162 valence electrons. The molecular formula is C25H34N2O3. The zero-order valence-electron chi connectivity index (χ0n) is 18.6. The lowest BCUT2D eigenvalue weighted by molar-refractivity contribution is -0.122. The van der Waals surface area contributed by atoms with Gasteiger partial charge in [0.05, 0.1) is 18.6 Å². The first-order chi connectivity index (χ1) is 14.5. The number of amides is 1. The van der Waals surface area contributed by atoms with Gasteiger partial charge in [0.25, 0.3) is 0 Å². The van der Waals surface area contributed by atoms with Crippen LogP contribution in [0.15, 0.2) is 48.5 Å². The average Bonchev–Trinajstić information content (AvgIpc) is 3.22. The van der Waals surface area contributed by atoms with Crippen LogP contribution in [0.1, 0.15) is 52.0 Å². The van der Waals surface area contributed by atoms with Crippen molar-refractivity contribution in [2.45, 2.75) is 58.7 Å². The molecule has 0 aliphatic carbocycles. The summed E-state index contributed by atoms with van der Waals surface area (Å²) in [6, 6.07) is 16.2. The second kappa shape index (κ2) is 10.4. The Hall–Kier alpha value is -2.69. The predicted octanol–water partition coefficient (Wildman–Crippen LogP) is 4.76. The van der Waals surface area contributed by atoms with Crippen molar-refractivity contribution in [1.29, 1.82) is 0 Å². The van der Waals surface area contributed by atoms with E-state index >= 15 is 0 Å². The third kappa shape index (κ3) is 5.68. The van der Waals surface area contributed by atoms with Crippen LogP contribution in [0.25, 0.3) is 0 Å². The van der Waals surface area contributed by atoms with Gasteiger partial charge in [0, 0.05) is 31.3 Å². The van der Waals surface area contributed by atoms with Crippen molar-refractivity contribution < 1.29 is 14.3 Å². The van der Waals surface area contributed by atoms with Crippen molar-refractivity contribution in [1.82, 2.24) is 5.32 Å². The highest BCUT2D eigenvalue weighted by atomic mass is 16.5. The van der Waals surface area contributed by atoms with E-state index < -0.39 is 0 Å². The number of carbonyl (C=O) groups excluding carboxylic acids is 1. The molecule has 1 N–H and O–H groups in total. The average molecular weight is 411 g/mol. The molecule has 0 aromatic heterocycles. The summed E-state index contributed by atoms with van der Waals surface area (Å²) in [7, 11) is 0. The SMILES string of the molecule is CCNC(=O)C(C)c1ccc(O[C@@H]2CCN(c3cccc(OC(C)CC)c3)C2)cc1. The number of hydrogen-bond acceptors (Lipinski definition) is 4. The van der Waals surface area contributed by atoms with Crippen LogP contribution < -0.4 is 19.7 Å². The number of anilines is 1. The molecule has 1 aliphatic heterocycles. The van der Waals surface area contributed by atoms with Crippen molar-refractivity contribution >= 4 is 11.6 Å². The summed E-state index contributed by atoms with van der Waals surface area (Å²) in [6.07, 6.45) is 2.34. The van der Waals surface area contributed by atoms with Gasteiger partial charge in [-0.1, -0.05) is 25.1 Å². The van der Waals surface area contributed by atoms with E-state index in [9.17, 15) is 4.79 Å². The van der Waals surface area contributed by atoms with Crippen LogP contribution in [0, 0.1) is 0 Å². The van der Waals surface area contributed by atoms with Gasteiger partial charge in [0.1, 0.15) is 17.6 Å². The minimum atomic E-state index is -0.161. The summed E-state index contributed by atoms with van der Waals surface area (Å²) in [4.78, 5) is 14.4. The van der Waals surface area contributed by atoms with Crippen LogP contribution in [0.5, 0.6) is 11.5 Å². The summed E-state index contributed by atoms with van der Waals surface area (Å²) in [5.41, 5.74) is 2.17. The van der Waals surface area contributed by atoms with Crippen molar-refractivity contribution in [3.63, 3.8) is 0 Å². The van der Waals surface area contributed by atoms with Gasteiger partial charge in [-0.2, -0.15) is 0 Å². The van der Waals surface area contributed by atoms with E-state index in [-0.39, 0.29) is 24.0 Å². The Bertz CT molecular complexity index is 821. The summed E-state index contributed by atoms with van der Waals surface area (Å²) in [5.74, 6) is 1.66. The molecule has 1 heterocycles. The molecule has 1 fully saturated rings. The van der Waals surface area contributed by atoms with Crippen molar-refractivity contribution in [2.75, 3.05) is 24.5 Å². The Balaban J connectivity index is 1.56. The van der Waals surface area contributed by atoms with Crippen molar-refractivity contribution in [3.8, 4) is 11.5 Å². The maximum Gasteiger partial charge on any atom is 0.227 e. The molecule has 0 saturated carbocycles. The third-order valence-electron chi connectivity index (χ3n) is 5.67. The zero-order valence-corrected chi connectivity index (χ0v) is 18.6. The monoisotopic (exact) mass is 410 g/mol. The molecule has 2 aromatic rings. The van der Waals surface area contributed by atoms with E-state index in [1.54, 1.807) is 0 Å². The van der Waals surface area contributed by atoms with E-state index in [0.717, 1.165) is 43.0 Å². The Kier molecular flexibility index (Phi) is 7.61. The molecular weight excluding hydrogens is 376 g/mol.